The van der Waals surface area contributed by atoms with E-state index in [1.165, 1.54) is 16.7 Å². The highest BCUT2D eigenvalue weighted by Gasteiger charge is 2.55. The third kappa shape index (κ3) is 4.08. The predicted molar refractivity (Wildman–Crippen MR) is 234 cm³/mol. The highest BCUT2D eigenvalue weighted by Crippen LogP contribution is 2.66. The zero-order chi connectivity index (χ0) is 38.1. The first-order valence-corrected chi connectivity index (χ1v) is 19.8. The van der Waals surface area contributed by atoms with E-state index in [1.807, 2.05) is 18.3 Å². The Balaban J connectivity index is 1.13. The van der Waals surface area contributed by atoms with E-state index in [2.05, 4.69) is 165 Å². The molecule has 1 unspecified atom stereocenters. The maximum atomic E-state index is 7.11. The molecule has 270 valence electrons. The van der Waals surface area contributed by atoms with Gasteiger partial charge in [0.05, 0.1) is 22.5 Å². The molecule has 4 heterocycles. The summed E-state index contributed by atoms with van der Waals surface area (Å²) in [6.45, 7) is 2.13. The van der Waals surface area contributed by atoms with Gasteiger partial charge in [0.2, 0.25) is 0 Å². The molecule has 2 aliphatic rings. The van der Waals surface area contributed by atoms with E-state index in [0.717, 1.165) is 111 Å². The van der Waals surface area contributed by atoms with E-state index in [0.29, 0.717) is 0 Å². The zero-order valence-corrected chi connectivity index (χ0v) is 31.5. The van der Waals surface area contributed by atoms with Crippen LogP contribution in [0.25, 0.3) is 99.8 Å². The molecule has 0 amide bonds. The molecule has 0 radical (unpaired) electrons. The van der Waals surface area contributed by atoms with Gasteiger partial charge in [-0.15, -0.1) is 0 Å². The lowest BCUT2D eigenvalue weighted by molar-refractivity contribution is 0.665. The molecule has 13 rings (SSSR count). The van der Waals surface area contributed by atoms with Gasteiger partial charge >= 0.3 is 0 Å². The summed E-state index contributed by atoms with van der Waals surface area (Å²) in [5.74, 6) is 0. The number of aromatic nitrogens is 2. The van der Waals surface area contributed by atoms with Crippen molar-refractivity contribution >= 4 is 43.9 Å². The van der Waals surface area contributed by atoms with Crippen LogP contribution in [0.5, 0.6) is 0 Å². The molecule has 4 heteroatoms. The molecular weight excluding hydrogens is 709 g/mol. The summed E-state index contributed by atoms with van der Waals surface area (Å²) in [7, 11) is 0. The number of pyridine rings is 2. The van der Waals surface area contributed by atoms with Crippen molar-refractivity contribution in [3.63, 3.8) is 0 Å². The first-order valence-electron chi connectivity index (χ1n) is 19.8. The van der Waals surface area contributed by atoms with E-state index >= 15 is 0 Å². The summed E-state index contributed by atoms with van der Waals surface area (Å²) < 4.78 is 14.0. The fraction of sp³-hybridized carbons (Fsp3) is 0.0370. The quantitative estimate of drug-likeness (QED) is 0.181. The highest BCUT2D eigenvalue weighted by molar-refractivity contribution is 6.22. The van der Waals surface area contributed by atoms with Gasteiger partial charge in [-0.25, -0.2) is 4.98 Å². The third-order valence-corrected chi connectivity index (χ3v) is 12.6. The molecule has 4 nitrogen and oxygen atoms in total. The Kier molecular flexibility index (Phi) is 6.27. The van der Waals surface area contributed by atoms with Crippen LogP contribution in [0.3, 0.4) is 0 Å². The standard InChI is InChI=1S/C54H32N2O2/c1-31-28-40-35-14-5-8-17-41(35)54(53(40)55-30-31)42-27-26-37-36-15-6-9-20-46(36)57-51(37)49(42)50-43(54)29-39(48-38-16-7-10-21-47(38)58-52(48)50)32-22-24-34(25-23-32)45-19-11-18-44(56-45)33-12-3-2-4-13-33/h2-30H,1H3. The van der Waals surface area contributed by atoms with Crippen LogP contribution in [-0.4, -0.2) is 9.97 Å². The lowest BCUT2D eigenvalue weighted by Gasteiger charge is -2.29. The van der Waals surface area contributed by atoms with Gasteiger partial charge in [0.25, 0.3) is 0 Å². The van der Waals surface area contributed by atoms with Gasteiger partial charge in [0.15, 0.2) is 0 Å². The Morgan fingerprint density at radius 2 is 1.10 bits per heavy atom. The Morgan fingerprint density at radius 1 is 0.448 bits per heavy atom. The number of benzene rings is 7. The van der Waals surface area contributed by atoms with Crippen molar-refractivity contribution in [1.82, 2.24) is 9.97 Å². The van der Waals surface area contributed by atoms with Crippen molar-refractivity contribution < 1.29 is 8.83 Å². The van der Waals surface area contributed by atoms with Crippen molar-refractivity contribution in [3.05, 3.63) is 204 Å². The van der Waals surface area contributed by atoms with E-state index in [9.17, 15) is 0 Å². The summed E-state index contributed by atoms with van der Waals surface area (Å²) in [6.07, 6.45) is 2.02. The van der Waals surface area contributed by atoms with Gasteiger partial charge in [0, 0.05) is 55.6 Å². The Bertz CT molecular complexity index is 3520. The van der Waals surface area contributed by atoms with Crippen LogP contribution in [0.1, 0.15) is 27.9 Å². The number of fused-ring (bicyclic) bond motifs is 18. The molecule has 0 N–H and O–H groups in total. The smallest absolute Gasteiger partial charge is 0.144 e. The number of furan rings is 2. The molecule has 7 aromatic carbocycles. The van der Waals surface area contributed by atoms with Crippen molar-refractivity contribution in [3.8, 4) is 55.9 Å². The summed E-state index contributed by atoms with van der Waals surface area (Å²) in [6, 6.07) is 60.4. The lowest BCUT2D eigenvalue weighted by Crippen LogP contribution is -2.27. The second-order valence-corrected chi connectivity index (χ2v) is 15.7. The Labute approximate surface area is 333 Å². The third-order valence-electron chi connectivity index (χ3n) is 12.6. The zero-order valence-electron chi connectivity index (χ0n) is 31.5. The molecule has 11 aromatic rings. The Morgan fingerprint density at radius 3 is 1.93 bits per heavy atom. The molecule has 2 aliphatic carbocycles. The van der Waals surface area contributed by atoms with E-state index in [-0.39, 0.29) is 0 Å². The number of rotatable bonds is 3. The highest BCUT2D eigenvalue weighted by atomic mass is 16.3. The molecule has 0 saturated heterocycles. The van der Waals surface area contributed by atoms with Crippen LogP contribution in [-0.2, 0) is 5.41 Å². The van der Waals surface area contributed by atoms with Gasteiger partial charge in [-0.3, -0.25) is 4.98 Å². The molecule has 0 bridgehead atoms. The summed E-state index contributed by atoms with van der Waals surface area (Å²) in [5.41, 5.74) is 19.2. The minimum atomic E-state index is -0.707. The monoisotopic (exact) mass is 740 g/mol. The van der Waals surface area contributed by atoms with Crippen LogP contribution < -0.4 is 0 Å². The number of hydrogen-bond acceptors (Lipinski definition) is 4. The van der Waals surface area contributed by atoms with E-state index in [4.69, 9.17) is 18.8 Å². The first kappa shape index (κ1) is 31.6. The normalized spacial score (nSPS) is 15.1. The van der Waals surface area contributed by atoms with Crippen LogP contribution in [0.2, 0.25) is 0 Å². The molecule has 0 saturated carbocycles. The molecule has 0 aliphatic heterocycles. The van der Waals surface area contributed by atoms with Gasteiger partial charge in [-0.1, -0.05) is 133 Å². The van der Waals surface area contributed by atoms with Crippen molar-refractivity contribution in [2.45, 2.75) is 12.3 Å². The second kappa shape index (κ2) is 11.5. The molecule has 1 atom stereocenters. The lowest BCUT2D eigenvalue weighted by atomic mass is 9.72. The summed E-state index contributed by atoms with van der Waals surface area (Å²) >= 11 is 0. The average Bonchev–Trinajstić information content (AvgIpc) is 4.02. The van der Waals surface area contributed by atoms with Crippen LogP contribution in [0.15, 0.2) is 185 Å². The van der Waals surface area contributed by atoms with Gasteiger partial charge in [-0.2, -0.15) is 0 Å². The number of para-hydroxylation sites is 2. The number of nitrogens with zero attached hydrogens (tertiary/aromatic N) is 2. The summed E-state index contributed by atoms with van der Waals surface area (Å²) in [4.78, 5) is 10.4. The number of hydrogen-bond donors (Lipinski definition) is 0. The van der Waals surface area contributed by atoms with Crippen molar-refractivity contribution in [1.29, 1.82) is 0 Å². The molecule has 0 fully saturated rings. The van der Waals surface area contributed by atoms with Crippen LogP contribution in [0, 0.1) is 6.92 Å². The minimum Gasteiger partial charge on any atom is -0.455 e. The predicted octanol–water partition coefficient (Wildman–Crippen LogP) is 13.9. The Hall–Kier alpha value is -7.56. The minimum absolute atomic E-state index is 0.707. The molecule has 4 aromatic heterocycles. The van der Waals surface area contributed by atoms with Crippen molar-refractivity contribution in [2.24, 2.45) is 0 Å². The SMILES string of the molecule is Cc1cnc2c(c1)-c1ccccc1C21c2ccc3c(oc4ccccc43)c2-c2c1cc(-c1ccc(-c3cccc(-c4ccccc4)n3)cc1)c1c2oc2ccccc21. The maximum Gasteiger partial charge on any atom is 0.144 e. The fourth-order valence-corrected chi connectivity index (χ4v) is 10.1. The second-order valence-electron chi connectivity index (χ2n) is 15.7. The molecule has 1 spiro atoms. The van der Waals surface area contributed by atoms with Gasteiger partial charge in [0.1, 0.15) is 22.3 Å². The van der Waals surface area contributed by atoms with E-state index in [1.54, 1.807) is 0 Å². The van der Waals surface area contributed by atoms with Gasteiger partial charge < -0.3 is 8.83 Å². The van der Waals surface area contributed by atoms with Crippen molar-refractivity contribution in [2.75, 3.05) is 0 Å². The fourth-order valence-electron chi connectivity index (χ4n) is 10.1. The van der Waals surface area contributed by atoms with Crippen LogP contribution in [0.4, 0.5) is 0 Å². The molecular formula is C54H32N2O2. The summed E-state index contributed by atoms with van der Waals surface area (Å²) in [5, 5.41) is 4.36. The molecule has 58 heavy (non-hydrogen) atoms. The van der Waals surface area contributed by atoms with Crippen LogP contribution >= 0.6 is 0 Å². The van der Waals surface area contributed by atoms with E-state index < -0.39 is 5.41 Å². The topological polar surface area (TPSA) is 52.1 Å². The first-order chi connectivity index (χ1) is 28.7. The average molecular weight is 741 g/mol. The van der Waals surface area contributed by atoms with Gasteiger partial charge in [-0.05, 0) is 82.3 Å². The number of aryl methyl sites for hydroxylation is 1. The maximum absolute atomic E-state index is 7.11. The largest absolute Gasteiger partial charge is 0.455 e.